The van der Waals surface area contributed by atoms with Crippen LogP contribution in [0.15, 0.2) is 36.4 Å². The lowest BCUT2D eigenvalue weighted by atomic mass is 9.88. The molecule has 3 unspecified atom stereocenters. The minimum atomic E-state index is -0.747. The van der Waals surface area contributed by atoms with Gasteiger partial charge in [-0.05, 0) is 82.6 Å². The van der Waals surface area contributed by atoms with Crippen LogP contribution in [0.1, 0.15) is 63.6 Å². The van der Waals surface area contributed by atoms with E-state index in [0.29, 0.717) is 30.4 Å². The highest BCUT2D eigenvalue weighted by Gasteiger charge is 2.29. The molecule has 36 heavy (non-hydrogen) atoms. The Balaban J connectivity index is 0.00000456. The molecule has 0 heterocycles. The number of aliphatic hydroxyl groups is 1. The quantitative estimate of drug-likeness (QED) is 0.313. The maximum Gasteiger partial charge on any atom is 0.313 e. The smallest absolute Gasteiger partial charge is 0.313 e. The molecule has 0 saturated heterocycles. The van der Waals surface area contributed by atoms with E-state index in [1.54, 1.807) is 32.9 Å². The predicted octanol–water partition coefficient (Wildman–Crippen LogP) is 6.38. The van der Waals surface area contributed by atoms with E-state index in [9.17, 15) is 9.90 Å². The Kier molecular flexibility index (Phi) is 11.4. The molecule has 0 spiro atoms. The molecule has 0 saturated carbocycles. The molecule has 0 amide bonds. The van der Waals surface area contributed by atoms with Gasteiger partial charge in [0, 0.05) is 12.1 Å². The summed E-state index contributed by atoms with van der Waals surface area (Å²) in [5.74, 6) is 0.0531. The molecule has 0 bridgehead atoms. The SMILES string of the molecule is CCOC(=O)C(C)c1ccc(OC(C)C(O)CNC(C)(C)CC2Cc3ccccc3C2)c(Cl)c1Cl.Cl. The van der Waals surface area contributed by atoms with Crippen molar-refractivity contribution in [3.05, 3.63) is 63.1 Å². The minimum absolute atomic E-state index is 0. The average molecular weight is 559 g/mol. The van der Waals surface area contributed by atoms with Gasteiger partial charge in [-0.3, -0.25) is 4.79 Å². The summed E-state index contributed by atoms with van der Waals surface area (Å²) in [5.41, 5.74) is 3.36. The molecule has 0 aliphatic heterocycles. The highest BCUT2D eigenvalue weighted by atomic mass is 35.5. The summed E-state index contributed by atoms with van der Waals surface area (Å²) in [6, 6.07) is 12.1. The van der Waals surface area contributed by atoms with Crippen molar-refractivity contribution in [2.24, 2.45) is 5.92 Å². The maximum absolute atomic E-state index is 12.1. The van der Waals surface area contributed by atoms with Crippen molar-refractivity contribution in [2.45, 2.75) is 77.5 Å². The Hall–Kier alpha value is -1.50. The van der Waals surface area contributed by atoms with Crippen LogP contribution >= 0.6 is 35.6 Å². The van der Waals surface area contributed by atoms with Gasteiger partial charge in [0.2, 0.25) is 0 Å². The van der Waals surface area contributed by atoms with E-state index in [-0.39, 0.29) is 34.0 Å². The Bertz CT molecular complexity index is 1000. The lowest BCUT2D eigenvalue weighted by molar-refractivity contribution is -0.144. The van der Waals surface area contributed by atoms with Gasteiger partial charge in [-0.15, -0.1) is 12.4 Å². The van der Waals surface area contributed by atoms with Gasteiger partial charge >= 0.3 is 5.97 Å². The summed E-state index contributed by atoms with van der Waals surface area (Å²) in [6.45, 7) is 10.3. The monoisotopic (exact) mass is 557 g/mol. The number of halogens is 3. The molecule has 5 nitrogen and oxygen atoms in total. The van der Waals surface area contributed by atoms with Crippen LogP contribution in [0.2, 0.25) is 10.0 Å². The van der Waals surface area contributed by atoms with Gasteiger partial charge in [-0.25, -0.2) is 0 Å². The van der Waals surface area contributed by atoms with Crippen LogP contribution in [0.3, 0.4) is 0 Å². The third-order valence-electron chi connectivity index (χ3n) is 6.76. The number of rotatable bonds is 11. The van der Waals surface area contributed by atoms with Crippen LogP contribution in [0.5, 0.6) is 5.75 Å². The van der Waals surface area contributed by atoms with Gasteiger partial charge in [-0.2, -0.15) is 0 Å². The number of benzene rings is 2. The van der Waals surface area contributed by atoms with Crippen LogP contribution < -0.4 is 10.1 Å². The van der Waals surface area contributed by atoms with E-state index < -0.39 is 18.1 Å². The van der Waals surface area contributed by atoms with Crippen LogP contribution in [-0.4, -0.2) is 42.0 Å². The number of β-amino-alcohol motifs (C(OH)–C–C–N with tert-alkyl or cyclic N) is 1. The van der Waals surface area contributed by atoms with Crippen molar-refractivity contribution in [1.82, 2.24) is 5.32 Å². The summed E-state index contributed by atoms with van der Waals surface area (Å²) < 4.78 is 11.0. The predicted molar refractivity (Wildman–Crippen MR) is 149 cm³/mol. The Labute approximate surface area is 231 Å². The fraction of sp³-hybridized carbons (Fsp3) is 0.536. The number of fused-ring (bicyclic) bond motifs is 1. The molecule has 3 atom stereocenters. The van der Waals surface area contributed by atoms with E-state index in [1.165, 1.54) is 11.1 Å². The first kappa shape index (κ1) is 30.7. The second-order valence-electron chi connectivity index (χ2n) is 10.2. The number of aliphatic hydroxyl groups excluding tert-OH is 1. The molecule has 2 aromatic rings. The molecule has 0 radical (unpaired) electrons. The molecule has 2 N–H and O–H groups in total. The highest BCUT2D eigenvalue weighted by Crippen LogP contribution is 2.39. The number of hydrogen-bond donors (Lipinski definition) is 2. The van der Waals surface area contributed by atoms with Gasteiger partial charge in [-0.1, -0.05) is 53.5 Å². The van der Waals surface area contributed by atoms with Gasteiger partial charge in [0.15, 0.2) is 0 Å². The van der Waals surface area contributed by atoms with Crippen LogP contribution in [0, 0.1) is 5.92 Å². The third-order valence-corrected chi connectivity index (χ3v) is 7.64. The maximum atomic E-state index is 12.1. The molecular weight excluding hydrogens is 521 g/mol. The summed E-state index contributed by atoms with van der Waals surface area (Å²) in [7, 11) is 0. The molecule has 0 aromatic heterocycles. The number of hydrogen-bond acceptors (Lipinski definition) is 5. The number of esters is 1. The molecule has 3 rings (SSSR count). The first-order valence-electron chi connectivity index (χ1n) is 12.3. The first-order chi connectivity index (χ1) is 16.5. The number of carbonyl (C=O) groups is 1. The molecule has 200 valence electrons. The fourth-order valence-corrected chi connectivity index (χ4v) is 5.32. The van der Waals surface area contributed by atoms with Gasteiger partial charge in [0.25, 0.3) is 0 Å². The lowest BCUT2D eigenvalue weighted by Gasteiger charge is -2.32. The second-order valence-corrected chi connectivity index (χ2v) is 10.9. The lowest BCUT2D eigenvalue weighted by Crippen LogP contribution is -2.48. The number of ether oxygens (including phenoxy) is 2. The Morgan fingerprint density at radius 3 is 2.31 bits per heavy atom. The van der Waals surface area contributed by atoms with E-state index in [2.05, 4.69) is 43.4 Å². The normalized spacial score (nSPS) is 16.0. The summed E-state index contributed by atoms with van der Waals surface area (Å²) in [5, 5.41) is 14.7. The standard InChI is InChI=1S/C28H37Cl2NO4.ClH/c1-6-34-27(33)17(2)22-11-12-24(26(30)25(22)29)35-18(3)23(32)16-31-28(4,5)15-19-13-20-9-7-8-10-21(20)14-19;/h7-12,17-19,23,31-32H,6,13-16H2,1-5H3;1H. The third kappa shape index (κ3) is 7.75. The topological polar surface area (TPSA) is 67.8 Å². The molecule has 0 fully saturated rings. The molecule has 1 aliphatic carbocycles. The first-order valence-corrected chi connectivity index (χ1v) is 13.1. The van der Waals surface area contributed by atoms with Crippen molar-refractivity contribution in [1.29, 1.82) is 0 Å². The molecule has 2 aromatic carbocycles. The van der Waals surface area contributed by atoms with E-state index >= 15 is 0 Å². The fourth-order valence-electron chi connectivity index (χ4n) is 4.78. The summed E-state index contributed by atoms with van der Waals surface area (Å²) >= 11 is 12.9. The van der Waals surface area contributed by atoms with Crippen LogP contribution in [0.25, 0.3) is 0 Å². The van der Waals surface area contributed by atoms with Gasteiger partial charge in [0.05, 0.1) is 17.5 Å². The summed E-state index contributed by atoms with van der Waals surface area (Å²) in [4.78, 5) is 12.1. The van der Waals surface area contributed by atoms with Crippen LogP contribution in [-0.2, 0) is 22.4 Å². The zero-order chi connectivity index (χ0) is 25.8. The number of carbonyl (C=O) groups excluding carboxylic acids is 1. The van der Waals surface area contributed by atoms with E-state index in [4.69, 9.17) is 32.7 Å². The number of nitrogens with one attached hydrogen (secondary N) is 1. The van der Waals surface area contributed by atoms with Crippen molar-refractivity contribution >= 4 is 41.6 Å². The zero-order valence-electron chi connectivity index (χ0n) is 21.6. The van der Waals surface area contributed by atoms with Crippen molar-refractivity contribution < 1.29 is 19.4 Å². The van der Waals surface area contributed by atoms with Gasteiger partial charge < -0.3 is 19.9 Å². The molecule has 8 heteroatoms. The van der Waals surface area contributed by atoms with Crippen LogP contribution in [0.4, 0.5) is 0 Å². The van der Waals surface area contributed by atoms with Crippen molar-refractivity contribution in [3.8, 4) is 5.75 Å². The highest BCUT2D eigenvalue weighted by molar-refractivity contribution is 6.43. The van der Waals surface area contributed by atoms with Crippen molar-refractivity contribution in [2.75, 3.05) is 13.2 Å². The average Bonchev–Trinajstić information content (AvgIpc) is 3.21. The Morgan fingerprint density at radius 2 is 1.72 bits per heavy atom. The second kappa shape index (κ2) is 13.3. The van der Waals surface area contributed by atoms with E-state index in [1.807, 2.05) is 0 Å². The summed E-state index contributed by atoms with van der Waals surface area (Å²) in [6.07, 6.45) is 1.96. The van der Waals surface area contributed by atoms with E-state index in [0.717, 1.165) is 19.3 Å². The van der Waals surface area contributed by atoms with Gasteiger partial charge in [0.1, 0.15) is 23.0 Å². The zero-order valence-corrected chi connectivity index (χ0v) is 24.0. The molecule has 1 aliphatic rings. The molecular formula is C28H38Cl3NO4. The van der Waals surface area contributed by atoms with Crippen molar-refractivity contribution in [3.63, 3.8) is 0 Å². The largest absolute Gasteiger partial charge is 0.486 e. The Morgan fingerprint density at radius 1 is 1.11 bits per heavy atom. The minimum Gasteiger partial charge on any atom is -0.486 e.